The summed E-state index contributed by atoms with van der Waals surface area (Å²) in [6, 6.07) is 5.80. The first kappa shape index (κ1) is 21.2. The van der Waals surface area contributed by atoms with Gasteiger partial charge in [-0.15, -0.1) is 0 Å². The Morgan fingerprint density at radius 2 is 1.57 bits per heavy atom. The fourth-order valence-electron chi connectivity index (χ4n) is 6.15. The summed E-state index contributed by atoms with van der Waals surface area (Å²) in [6.07, 6.45) is 8.04. The zero-order valence-electron chi connectivity index (χ0n) is 16.9. The van der Waals surface area contributed by atoms with E-state index in [9.17, 15) is 18.0 Å². The van der Waals surface area contributed by atoms with Crippen molar-refractivity contribution in [3.05, 3.63) is 24.3 Å². The number of amides is 2. The molecule has 2 amide bonds. The monoisotopic (exact) mass is 449 g/mol. The number of sulfonamides is 1. The van der Waals surface area contributed by atoms with Gasteiger partial charge in [0.25, 0.3) is 10.0 Å². The highest BCUT2D eigenvalue weighted by molar-refractivity contribution is 7.90. The van der Waals surface area contributed by atoms with Crippen LogP contribution in [-0.4, -0.2) is 25.3 Å². The van der Waals surface area contributed by atoms with E-state index in [2.05, 4.69) is 10.6 Å². The molecule has 0 aliphatic heterocycles. The minimum atomic E-state index is -3.88. The molecule has 4 aliphatic rings. The van der Waals surface area contributed by atoms with Gasteiger partial charge in [-0.05, 0) is 98.2 Å². The lowest BCUT2D eigenvalue weighted by Gasteiger charge is -2.56. The zero-order chi connectivity index (χ0) is 21.5. The van der Waals surface area contributed by atoms with Gasteiger partial charge in [0, 0.05) is 19.0 Å². The van der Waals surface area contributed by atoms with Crippen molar-refractivity contribution in [1.82, 2.24) is 10.0 Å². The molecular formula is C21H27N3O4S2. The Kier molecular flexibility index (Phi) is 5.61. The third-order valence-electron chi connectivity index (χ3n) is 6.65. The number of thiocarbonyl (C=S) groups is 1. The van der Waals surface area contributed by atoms with Crippen LogP contribution in [0.4, 0.5) is 5.69 Å². The van der Waals surface area contributed by atoms with E-state index in [-0.39, 0.29) is 21.3 Å². The Morgan fingerprint density at radius 3 is 2.07 bits per heavy atom. The quantitative estimate of drug-likeness (QED) is 0.597. The number of hydrogen-bond acceptors (Lipinski definition) is 5. The maximum atomic E-state index is 12.7. The van der Waals surface area contributed by atoms with Crippen molar-refractivity contribution in [2.75, 3.05) is 5.32 Å². The molecule has 0 radical (unpaired) electrons. The molecule has 30 heavy (non-hydrogen) atoms. The third kappa shape index (κ3) is 4.67. The Balaban J connectivity index is 1.31. The molecule has 7 nitrogen and oxygen atoms in total. The number of benzene rings is 1. The Hall–Kier alpha value is -2.00. The topological polar surface area (TPSA) is 104 Å². The van der Waals surface area contributed by atoms with Crippen LogP contribution < -0.4 is 15.4 Å². The van der Waals surface area contributed by atoms with Crippen molar-refractivity contribution >= 4 is 44.9 Å². The summed E-state index contributed by atoms with van der Waals surface area (Å²) in [5.74, 6) is 1.67. The molecule has 4 bridgehead atoms. The van der Waals surface area contributed by atoms with Gasteiger partial charge in [-0.25, -0.2) is 13.1 Å². The summed E-state index contributed by atoms with van der Waals surface area (Å²) < 4.78 is 25.9. The number of anilines is 1. The van der Waals surface area contributed by atoms with E-state index in [0.717, 1.165) is 43.9 Å². The predicted molar refractivity (Wildman–Crippen MR) is 117 cm³/mol. The van der Waals surface area contributed by atoms with Crippen LogP contribution in [0.15, 0.2) is 29.2 Å². The number of carbonyl (C=O) groups excluding carboxylic acids is 2. The fourth-order valence-corrected chi connectivity index (χ4v) is 7.37. The second-order valence-corrected chi connectivity index (χ2v) is 11.4. The maximum absolute atomic E-state index is 12.7. The van der Waals surface area contributed by atoms with E-state index in [1.54, 1.807) is 0 Å². The molecule has 162 valence electrons. The average Bonchev–Trinajstić information content (AvgIpc) is 2.59. The maximum Gasteiger partial charge on any atom is 0.264 e. The van der Waals surface area contributed by atoms with Crippen molar-refractivity contribution in [2.45, 2.75) is 56.8 Å². The molecule has 9 heteroatoms. The van der Waals surface area contributed by atoms with E-state index in [0.29, 0.717) is 12.1 Å². The lowest BCUT2D eigenvalue weighted by Crippen LogP contribution is -2.48. The zero-order valence-corrected chi connectivity index (χ0v) is 18.6. The van der Waals surface area contributed by atoms with Crippen molar-refractivity contribution < 1.29 is 18.0 Å². The first-order chi connectivity index (χ1) is 14.1. The van der Waals surface area contributed by atoms with Gasteiger partial charge in [0.1, 0.15) is 0 Å². The molecule has 4 fully saturated rings. The summed E-state index contributed by atoms with van der Waals surface area (Å²) in [4.78, 5) is 23.6. The summed E-state index contributed by atoms with van der Waals surface area (Å²) in [5, 5.41) is 5.89. The van der Waals surface area contributed by atoms with E-state index in [4.69, 9.17) is 12.2 Å². The summed E-state index contributed by atoms with van der Waals surface area (Å²) >= 11 is 5.27. The molecule has 0 saturated heterocycles. The highest BCUT2D eigenvalue weighted by Gasteiger charge is 2.51. The summed E-state index contributed by atoms with van der Waals surface area (Å²) in [6.45, 7) is 1.14. The highest BCUT2D eigenvalue weighted by Crippen LogP contribution is 2.61. The molecule has 1 aromatic rings. The molecule has 0 spiro atoms. The second-order valence-electron chi connectivity index (χ2n) is 9.28. The van der Waals surface area contributed by atoms with Crippen molar-refractivity contribution in [1.29, 1.82) is 0 Å². The fraction of sp³-hybridized carbons (Fsp3) is 0.571. The molecule has 0 aromatic heterocycles. The van der Waals surface area contributed by atoms with E-state index >= 15 is 0 Å². The Bertz CT molecular complexity index is 937. The summed E-state index contributed by atoms with van der Waals surface area (Å²) in [7, 11) is -3.88. The van der Waals surface area contributed by atoms with Crippen LogP contribution in [0, 0.1) is 23.2 Å². The number of carbonyl (C=O) groups is 2. The Morgan fingerprint density at radius 1 is 1.03 bits per heavy atom. The molecule has 3 N–H and O–H groups in total. The normalized spacial score (nSPS) is 29.3. The minimum absolute atomic E-state index is 0.0278. The van der Waals surface area contributed by atoms with Gasteiger partial charge < -0.3 is 10.6 Å². The predicted octanol–water partition coefficient (Wildman–Crippen LogP) is 2.93. The molecule has 4 aliphatic carbocycles. The highest BCUT2D eigenvalue weighted by atomic mass is 32.2. The van der Waals surface area contributed by atoms with Gasteiger partial charge >= 0.3 is 0 Å². The van der Waals surface area contributed by atoms with E-state index in [1.807, 2.05) is 4.72 Å². The Labute approximate surface area is 182 Å². The van der Waals surface area contributed by atoms with Gasteiger partial charge in [0.15, 0.2) is 5.11 Å². The van der Waals surface area contributed by atoms with Crippen molar-refractivity contribution in [3.63, 3.8) is 0 Å². The largest absolute Gasteiger partial charge is 0.332 e. The van der Waals surface area contributed by atoms with Crippen molar-refractivity contribution in [2.24, 2.45) is 23.2 Å². The smallest absolute Gasteiger partial charge is 0.264 e. The SMILES string of the molecule is CC(=O)NS(=O)(=O)c1ccc(NC(=S)NC(=O)CC23CC4CC(CC(C4)C2)C3)cc1. The molecular weight excluding hydrogens is 422 g/mol. The molecule has 4 saturated carbocycles. The number of hydrogen-bond donors (Lipinski definition) is 3. The van der Waals surface area contributed by atoms with Gasteiger partial charge in [0.2, 0.25) is 11.8 Å². The number of rotatable bonds is 5. The molecule has 0 unspecified atom stereocenters. The van der Waals surface area contributed by atoms with Crippen LogP contribution >= 0.6 is 12.2 Å². The van der Waals surface area contributed by atoms with Crippen LogP contribution in [-0.2, 0) is 19.6 Å². The average molecular weight is 450 g/mol. The van der Waals surface area contributed by atoms with Crippen LogP contribution in [0.3, 0.4) is 0 Å². The third-order valence-corrected chi connectivity index (χ3v) is 8.31. The molecule has 1 aromatic carbocycles. The van der Waals surface area contributed by atoms with E-state index < -0.39 is 15.9 Å². The van der Waals surface area contributed by atoms with Crippen LogP contribution in [0.25, 0.3) is 0 Å². The van der Waals surface area contributed by atoms with Gasteiger partial charge in [-0.3, -0.25) is 9.59 Å². The first-order valence-electron chi connectivity index (χ1n) is 10.4. The number of nitrogens with one attached hydrogen (secondary N) is 3. The van der Waals surface area contributed by atoms with Crippen LogP contribution in [0.2, 0.25) is 0 Å². The summed E-state index contributed by atoms with van der Waals surface area (Å²) in [5.41, 5.74) is 0.700. The molecule has 0 heterocycles. The van der Waals surface area contributed by atoms with Gasteiger partial charge in [-0.1, -0.05) is 0 Å². The first-order valence-corrected chi connectivity index (χ1v) is 12.3. The lowest BCUT2D eigenvalue weighted by molar-refractivity contribution is -0.128. The van der Waals surface area contributed by atoms with E-state index in [1.165, 1.54) is 43.5 Å². The lowest BCUT2D eigenvalue weighted by atomic mass is 9.49. The molecule has 5 rings (SSSR count). The van der Waals surface area contributed by atoms with Crippen LogP contribution in [0.1, 0.15) is 51.9 Å². The van der Waals surface area contributed by atoms with Gasteiger partial charge in [0.05, 0.1) is 4.90 Å². The van der Waals surface area contributed by atoms with Crippen LogP contribution in [0.5, 0.6) is 0 Å². The molecule has 0 atom stereocenters. The van der Waals surface area contributed by atoms with Gasteiger partial charge in [-0.2, -0.15) is 0 Å². The second kappa shape index (κ2) is 7.92. The standard InChI is InChI=1S/C21H27N3O4S2/c1-13(25)24-30(27,28)18-4-2-17(3-5-18)22-20(29)23-19(26)12-21-9-14-6-15(10-21)8-16(7-14)11-21/h2-5,14-16H,6-12H2,1H3,(H,24,25)(H2,22,23,26,29). The van der Waals surface area contributed by atoms with Crippen molar-refractivity contribution in [3.8, 4) is 0 Å². The minimum Gasteiger partial charge on any atom is -0.332 e.